The average molecular weight is 433 g/mol. The number of anilines is 1. The predicted octanol–water partition coefficient (Wildman–Crippen LogP) is 4.99. The number of amides is 1. The molecular formula is C19H17BrN2O3S. The van der Waals surface area contributed by atoms with Crippen LogP contribution in [0.4, 0.5) is 5.13 Å². The van der Waals surface area contributed by atoms with Crippen molar-refractivity contribution in [1.82, 2.24) is 4.98 Å². The van der Waals surface area contributed by atoms with Crippen LogP contribution in [0.2, 0.25) is 0 Å². The van der Waals surface area contributed by atoms with Gasteiger partial charge in [-0.05, 0) is 37.3 Å². The SMILES string of the molecule is COc1cccc(-c2csc(NC(=O)C(C)Oc3cccc(Br)c3)n2)c1. The third kappa shape index (κ3) is 4.62. The molecule has 0 saturated heterocycles. The summed E-state index contributed by atoms with van der Waals surface area (Å²) in [6, 6.07) is 15.0. The minimum absolute atomic E-state index is 0.253. The first kappa shape index (κ1) is 18.4. The van der Waals surface area contributed by atoms with Crippen LogP contribution in [-0.4, -0.2) is 24.1 Å². The van der Waals surface area contributed by atoms with E-state index >= 15 is 0 Å². The zero-order valence-electron chi connectivity index (χ0n) is 14.2. The minimum Gasteiger partial charge on any atom is -0.497 e. The van der Waals surface area contributed by atoms with Crippen LogP contribution in [0.25, 0.3) is 11.3 Å². The lowest BCUT2D eigenvalue weighted by molar-refractivity contribution is -0.122. The zero-order valence-corrected chi connectivity index (χ0v) is 16.6. The largest absolute Gasteiger partial charge is 0.497 e. The smallest absolute Gasteiger partial charge is 0.266 e. The summed E-state index contributed by atoms with van der Waals surface area (Å²) in [6.45, 7) is 1.70. The van der Waals surface area contributed by atoms with E-state index in [1.165, 1.54) is 11.3 Å². The summed E-state index contributed by atoms with van der Waals surface area (Å²) in [7, 11) is 1.62. The van der Waals surface area contributed by atoms with Gasteiger partial charge in [0.15, 0.2) is 11.2 Å². The predicted molar refractivity (Wildman–Crippen MR) is 107 cm³/mol. The number of nitrogens with one attached hydrogen (secondary N) is 1. The van der Waals surface area contributed by atoms with E-state index < -0.39 is 6.10 Å². The van der Waals surface area contributed by atoms with Gasteiger partial charge in [0.05, 0.1) is 12.8 Å². The van der Waals surface area contributed by atoms with Gasteiger partial charge in [-0.25, -0.2) is 4.98 Å². The van der Waals surface area contributed by atoms with Crippen molar-refractivity contribution in [2.24, 2.45) is 0 Å². The van der Waals surface area contributed by atoms with Gasteiger partial charge in [0.2, 0.25) is 0 Å². The number of ether oxygens (including phenoxy) is 2. The van der Waals surface area contributed by atoms with Gasteiger partial charge in [0.1, 0.15) is 11.5 Å². The molecule has 0 aliphatic rings. The minimum atomic E-state index is -0.645. The van der Waals surface area contributed by atoms with Gasteiger partial charge in [-0.2, -0.15) is 0 Å². The monoisotopic (exact) mass is 432 g/mol. The van der Waals surface area contributed by atoms with E-state index in [9.17, 15) is 4.79 Å². The van der Waals surface area contributed by atoms with E-state index in [2.05, 4.69) is 26.2 Å². The molecule has 0 aliphatic carbocycles. The number of hydrogen-bond donors (Lipinski definition) is 1. The molecule has 134 valence electrons. The van der Waals surface area contributed by atoms with E-state index in [4.69, 9.17) is 9.47 Å². The lowest BCUT2D eigenvalue weighted by atomic mass is 10.2. The summed E-state index contributed by atoms with van der Waals surface area (Å²) in [5, 5.41) is 5.21. The Labute approximate surface area is 164 Å². The van der Waals surface area contributed by atoms with Gasteiger partial charge in [-0.1, -0.05) is 34.1 Å². The van der Waals surface area contributed by atoms with Gasteiger partial charge in [-0.3, -0.25) is 10.1 Å². The molecule has 0 saturated carbocycles. The molecular weight excluding hydrogens is 416 g/mol. The number of carbonyl (C=O) groups excluding carboxylic acids is 1. The second kappa shape index (κ2) is 8.33. The highest BCUT2D eigenvalue weighted by molar-refractivity contribution is 9.10. The Balaban J connectivity index is 1.65. The van der Waals surface area contributed by atoms with Crippen molar-refractivity contribution in [3.8, 4) is 22.8 Å². The van der Waals surface area contributed by atoms with E-state index in [0.717, 1.165) is 21.5 Å². The lowest BCUT2D eigenvalue weighted by Crippen LogP contribution is -2.30. The average Bonchev–Trinajstić information content (AvgIpc) is 3.10. The summed E-state index contributed by atoms with van der Waals surface area (Å²) in [5.41, 5.74) is 1.71. The maximum Gasteiger partial charge on any atom is 0.266 e. The van der Waals surface area contributed by atoms with Crippen LogP contribution in [0.3, 0.4) is 0 Å². The van der Waals surface area contributed by atoms with Gasteiger partial charge in [0.25, 0.3) is 5.91 Å². The Hall–Kier alpha value is -2.38. The van der Waals surface area contributed by atoms with Crippen LogP contribution in [0, 0.1) is 0 Å². The molecule has 26 heavy (non-hydrogen) atoms. The van der Waals surface area contributed by atoms with Crippen LogP contribution in [0.15, 0.2) is 58.4 Å². The van der Waals surface area contributed by atoms with Crippen molar-refractivity contribution >= 4 is 38.3 Å². The molecule has 0 bridgehead atoms. The fourth-order valence-corrected chi connectivity index (χ4v) is 3.35. The maximum atomic E-state index is 12.3. The third-order valence-corrected chi connectivity index (χ3v) is 4.83. The molecule has 5 nitrogen and oxygen atoms in total. The van der Waals surface area contributed by atoms with E-state index in [0.29, 0.717) is 10.9 Å². The van der Waals surface area contributed by atoms with Gasteiger partial charge in [0, 0.05) is 15.4 Å². The molecule has 1 aromatic heterocycles. The standard InChI is InChI=1S/C19H17BrN2O3S/c1-12(25-16-8-4-6-14(20)10-16)18(23)22-19-21-17(11-26-19)13-5-3-7-15(9-13)24-2/h3-12H,1-2H3,(H,21,22,23). The Morgan fingerprint density at radius 2 is 1.96 bits per heavy atom. The molecule has 1 unspecified atom stereocenters. The summed E-state index contributed by atoms with van der Waals surface area (Å²) >= 11 is 4.75. The number of hydrogen-bond acceptors (Lipinski definition) is 5. The van der Waals surface area contributed by atoms with Crippen LogP contribution in [0.1, 0.15) is 6.92 Å². The second-order valence-electron chi connectivity index (χ2n) is 5.48. The van der Waals surface area contributed by atoms with Crippen molar-refractivity contribution in [3.05, 3.63) is 58.4 Å². The molecule has 1 N–H and O–H groups in total. The van der Waals surface area contributed by atoms with E-state index in [-0.39, 0.29) is 5.91 Å². The molecule has 0 aliphatic heterocycles. The molecule has 7 heteroatoms. The lowest BCUT2D eigenvalue weighted by Gasteiger charge is -2.13. The highest BCUT2D eigenvalue weighted by Gasteiger charge is 2.17. The van der Waals surface area contributed by atoms with E-state index in [1.54, 1.807) is 20.1 Å². The van der Waals surface area contributed by atoms with Crippen molar-refractivity contribution in [1.29, 1.82) is 0 Å². The second-order valence-corrected chi connectivity index (χ2v) is 7.25. The maximum absolute atomic E-state index is 12.3. The number of thiazole rings is 1. The molecule has 3 rings (SSSR count). The molecule has 3 aromatic rings. The summed E-state index contributed by atoms with van der Waals surface area (Å²) in [5.74, 6) is 1.13. The quantitative estimate of drug-likeness (QED) is 0.595. The normalized spacial score (nSPS) is 11.7. The number of aromatic nitrogens is 1. The first-order valence-corrected chi connectivity index (χ1v) is 9.55. The number of benzene rings is 2. The Morgan fingerprint density at radius 1 is 1.19 bits per heavy atom. The molecule has 1 amide bonds. The first-order valence-electron chi connectivity index (χ1n) is 7.88. The van der Waals surface area contributed by atoms with Crippen LogP contribution in [-0.2, 0) is 4.79 Å². The highest BCUT2D eigenvalue weighted by Crippen LogP contribution is 2.27. The molecule has 1 heterocycles. The Kier molecular flexibility index (Phi) is 5.90. The summed E-state index contributed by atoms with van der Waals surface area (Å²) in [4.78, 5) is 16.8. The van der Waals surface area contributed by atoms with Crippen molar-refractivity contribution < 1.29 is 14.3 Å². The first-order chi connectivity index (χ1) is 12.5. The number of rotatable bonds is 6. The van der Waals surface area contributed by atoms with Crippen molar-refractivity contribution in [2.75, 3.05) is 12.4 Å². The highest BCUT2D eigenvalue weighted by atomic mass is 79.9. The Bertz CT molecular complexity index is 913. The molecule has 1 atom stereocenters. The van der Waals surface area contributed by atoms with Crippen molar-refractivity contribution in [3.63, 3.8) is 0 Å². The molecule has 2 aromatic carbocycles. The van der Waals surface area contributed by atoms with Gasteiger partial charge in [-0.15, -0.1) is 11.3 Å². The summed E-state index contributed by atoms with van der Waals surface area (Å²) < 4.78 is 11.8. The Morgan fingerprint density at radius 3 is 2.73 bits per heavy atom. The van der Waals surface area contributed by atoms with Crippen LogP contribution < -0.4 is 14.8 Å². The number of halogens is 1. The molecule has 0 fully saturated rings. The molecule has 0 radical (unpaired) electrons. The third-order valence-electron chi connectivity index (χ3n) is 3.58. The zero-order chi connectivity index (χ0) is 18.5. The number of nitrogens with zero attached hydrogens (tertiary/aromatic N) is 1. The molecule has 0 spiro atoms. The van der Waals surface area contributed by atoms with Crippen LogP contribution >= 0.6 is 27.3 Å². The fraction of sp³-hybridized carbons (Fsp3) is 0.158. The van der Waals surface area contributed by atoms with Gasteiger partial charge >= 0.3 is 0 Å². The van der Waals surface area contributed by atoms with Crippen LogP contribution in [0.5, 0.6) is 11.5 Å². The van der Waals surface area contributed by atoms with Gasteiger partial charge < -0.3 is 9.47 Å². The fourth-order valence-electron chi connectivity index (χ4n) is 2.25. The van der Waals surface area contributed by atoms with E-state index in [1.807, 2.05) is 47.8 Å². The van der Waals surface area contributed by atoms with Crippen molar-refractivity contribution in [2.45, 2.75) is 13.0 Å². The number of methoxy groups -OCH3 is 1. The summed E-state index contributed by atoms with van der Waals surface area (Å²) in [6.07, 6.45) is -0.645. The topological polar surface area (TPSA) is 60.5 Å². The number of carbonyl (C=O) groups is 1.